The number of hydrogen-bond acceptors (Lipinski definition) is 2. The minimum absolute atomic E-state index is 0.164. The lowest BCUT2D eigenvalue weighted by Crippen LogP contribution is -2.36. The molecule has 0 spiro atoms. The molecule has 0 saturated carbocycles. The van der Waals surface area contributed by atoms with Crippen LogP contribution in [0.15, 0.2) is 48.2 Å². The third-order valence-corrected chi connectivity index (χ3v) is 3.69. The largest absolute Gasteiger partial charge is 0.362 e. The first-order chi connectivity index (χ1) is 10.3. The molecule has 0 fully saturated rings. The van der Waals surface area contributed by atoms with E-state index >= 15 is 0 Å². The SMILES string of the molecule is N#CC(=Cc1ccc[nH]1)C(=O)N1CCc2ccccc2C1. The smallest absolute Gasteiger partial charge is 0.264 e. The lowest BCUT2D eigenvalue weighted by atomic mass is 9.99. The molecule has 0 bridgehead atoms. The summed E-state index contributed by atoms with van der Waals surface area (Å²) < 4.78 is 0. The number of benzene rings is 1. The zero-order valence-corrected chi connectivity index (χ0v) is 11.5. The molecule has 0 saturated heterocycles. The maximum Gasteiger partial charge on any atom is 0.264 e. The summed E-state index contributed by atoms with van der Waals surface area (Å²) in [6.45, 7) is 1.22. The van der Waals surface area contributed by atoms with Gasteiger partial charge in [-0.1, -0.05) is 24.3 Å². The van der Waals surface area contributed by atoms with E-state index in [1.54, 1.807) is 17.2 Å². The Hall–Kier alpha value is -2.80. The summed E-state index contributed by atoms with van der Waals surface area (Å²) >= 11 is 0. The van der Waals surface area contributed by atoms with Gasteiger partial charge < -0.3 is 9.88 Å². The molecule has 1 aromatic heterocycles. The van der Waals surface area contributed by atoms with E-state index in [0.29, 0.717) is 13.1 Å². The number of hydrogen-bond donors (Lipinski definition) is 1. The van der Waals surface area contributed by atoms with Crippen LogP contribution in [0.5, 0.6) is 0 Å². The molecule has 1 aromatic carbocycles. The molecular formula is C17H15N3O. The maximum absolute atomic E-state index is 12.5. The summed E-state index contributed by atoms with van der Waals surface area (Å²) in [5, 5.41) is 9.24. The highest BCUT2D eigenvalue weighted by Gasteiger charge is 2.23. The molecule has 0 atom stereocenters. The molecule has 4 nitrogen and oxygen atoms in total. The number of aromatic nitrogens is 1. The lowest BCUT2D eigenvalue weighted by Gasteiger charge is -2.28. The Bertz CT molecular complexity index is 723. The van der Waals surface area contributed by atoms with Crippen LogP contribution in [-0.2, 0) is 17.8 Å². The van der Waals surface area contributed by atoms with Crippen LogP contribution in [-0.4, -0.2) is 22.3 Å². The standard InChI is InChI=1S/C17H15N3O/c18-11-15(10-16-6-3-8-19-16)17(21)20-9-7-13-4-1-2-5-14(13)12-20/h1-6,8,10,19H,7,9,12H2. The van der Waals surface area contributed by atoms with Crippen LogP contribution >= 0.6 is 0 Å². The minimum atomic E-state index is -0.207. The first kappa shape index (κ1) is 13.2. The van der Waals surface area contributed by atoms with Gasteiger partial charge in [-0.15, -0.1) is 0 Å². The molecular weight excluding hydrogens is 262 g/mol. The van der Waals surface area contributed by atoms with Crippen LogP contribution in [0.25, 0.3) is 6.08 Å². The lowest BCUT2D eigenvalue weighted by molar-refractivity contribution is -0.127. The van der Waals surface area contributed by atoms with Gasteiger partial charge in [0.1, 0.15) is 11.6 Å². The van der Waals surface area contributed by atoms with Crippen molar-refractivity contribution in [3.8, 4) is 6.07 Å². The van der Waals surface area contributed by atoms with Gasteiger partial charge in [0.15, 0.2) is 0 Å². The summed E-state index contributed by atoms with van der Waals surface area (Å²) in [6.07, 6.45) is 4.20. The molecule has 1 aliphatic rings. The molecule has 0 unspecified atom stereocenters. The Morgan fingerprint density at radius 1 is 1.24 bits per heavy atom. The van der Waals surface area contributed by atoms with Gasteiger partial charge in [-0.2, -0.15) is 5.26 Å². The van der Waals surface area contributed by atoms with Crippen molar-refractivity contribution in [3.05, 3.63) is 65.0 Å². The Labute approximate surface area is 123 Å². The second kappa shape index (κ2) is 5.68. The molecule has 2 heterocycles. The number of H-pyrrole nitrogens is 1. The van der Waals surface area contributed by atoms with E-state index < -0.39 is 0 Å². The number of nitriles is 1. The van der Waals surface area contributed by atoms with Gasteiger partial charge in [0.2, 0.25) is 0 Å². The molecule has 21 heavy (non-hydrogen) atoms. The topological polar surface area (TPSA) is 59.9 Å². The molecule has 1 aliphatic heterocycles. The second-order valence-electron chi connectivity index (χ2n) is 5.04. The number of nitrogens with zero attached hydrogens (tertiary/aromatic N) is 2. The number of aromatic amines is 1. The molecule has 0 radical (unpaired) electrons. The molecule has 0 aliphatic carbocycles. The van der Waals surface area contributed by atoms with Gasteiger partial charge in [0.05, 0.1) is 0 Å². The number of carbonyl (C=O) groups excluding carboxylic acids is 1. The third kappa shape index (κ3) is 2.72. The van der Waals surface area contributed by atoms with Crippen molar-refractivity contribution in [2.24, 2.45) is 0 Å². The van der Waals surface area contributed by atoms with Crippen LogP contribution < -0.4 is 0 Å². The van der Waals surface area contributed by atoms with Crippen LogP contribution in [0, 0.1) is 11.3 Å². The molecule has 3 rings (SSSR count). The predicted molar refractivity (Wildman–Crippen MR) is 79.9 cm³/mol. The molecule has 2 aromatic rings. The van der Waals surface area contributed by atoms with Crippen molar-refractivity contribution in [2.75, 3.05) is 6.54 Å². The zero-order chi connectivity index (χ0) is 14.7. The van der Waals surface area contributed by atoms with E-state index in [0.717, 1.165) is 17.7 Å². The Morgan fingerprint density at radius 3 is 2.76 bits per heavy atom. The predicted octanol–water partition coefficient (Wildman–Crippen LogP) is 2.51. The highest BCUT2D eigenvalue weighted by molar-refractivity contribution is 6.01. The van der Waals surface area contributed by atoms with Crippen molar-refractivity contribution in [1.82, 2.24) is 9.88 Å². The highest BCUT2D eigenvalue weighted by atomic mass is 16.2. The summed E-state index contributed by atoms with van der Waals surface area (Å²) in [5.41, 5.74) is 3.37. The quantitative estimate of drug-likeness (QED) is 0.677. The fraction of sp³-hybridized carbons (Fsp3) is 0.176. The van der Waals surface area contributed by atoms with Gasteiger partial charge in [-0.25, -0.2) is 0 Å². The Kier molecular flexibility index (Phi) is 3.57. The van der Waals surface area contributed by atoms with E-state index in [1.165, 1.54) is 5.56 Å². The Balaban J connectivity index is 1.81. The fourth-order valence-electron chi connectivity index (χ4n) is 2.57. The summed E-state index contributed by atoms with van der Waals surface area (Å²) in [4.78, 5) is 17.2. The summed E-state index contributed by atoms with van der Waals surface area (Å²) in [6, 6.07) is 13.8. The normalized spacial score (nSPS) is 14.4. The van der Waals surface area contributed by atoms with Gasteiger partial charge in [-0.05, 0) is 35.8 Å². The fourth-order valence-corrected chi connectivity index (χ4v) is 2.57. The Morgan fingerprint density at radius 2 is 2.05 bits per heavy atom. The average molecular weight is 277 g/mol. The van der Waals surface area contributed by atoms with Crippen molar-refractivity contribution in [3.63, 3.8) is 0 Å². The zero-order valence-electron chi connectivity index (χ0n) is 11.5. The van der Waals surface area contributed by atoms with Crippen LogP contribution in [0.3, 0.4) is 0 Å². The number of carbonyl (C=O) groups is 1. The molecule has 1 amide bonds. The number of amides is 1. The maximum atomic E-state index is 12.5. The highest BCUT2D eigenvalue weighted by Crippen LogP contribution is 2.20. The van der Waals surface area contributed by atoms with Crippen LogP contribution in [0.2, 0.25) is 0 Å². The molecule has 104 valence electrons. The first-order valence-corrected chi connectivity index (χ1v) is 6.89. The third-order valence-electron chi connectivity index (χ3n) is 3.69. The van der Waals surface area contributed by atoms with Gasteiger partial charge in [-0.3, -0.25) is 4.79 Å². The van der Waals surface area contributed by atoms with Crippen LogP contribution in [0.4, 0.5) is 0 Å². The average Bonchev–Trinajstić information content (AvgIpc) is 3.04. The van der Waals surface area contributed by atoms with Crippen molar-refractivity contribution in [2.45, 2.75) is 13.0 Å². The van der Waals surface area contributed by atoms with Gasteiger partial charge >= 0.3 is 0 Å². The number of nitrogens with one attached hydrogen (secondary N) is 1. The summed E-state index contributed by atoms with van der Waals surface area (Å²) in [7, 11) is 0. The van der Waals surface area contributed by atoms with Gasteiger partial charge in [0.25, 0.3) is 5.91 Å². The van der Waals surface area contributed by atoms with Crippen molar-refractivity contribution in [1.29, 1.82) is 5.26 Å². The molecule has 1 N–H and O–H groups in total. The van der Waals surface area contributed by atoms with E-state index in [2.05, 4.69) is 11.1 Å². The van der Waals surface area contributed by atoms with Crippen LogP contribution in [0.1, 0.15) is 16.8 Å². The van der Waals surface area contributed by atoms with Crippen molar-refractivity contribution >= 4 is 12.0 Å². The first-order valence-electron chi connectivity index (χ1n) is 6.89. The summed E-state index contributed by atoms with van der Waals surface area (Å²) in [5.74, 6) is -0.207. The number of rotatable bonds is 2. The molecule has 4 heteroatoms. The van der Waals surface area contributed by atoms with E-state index in [4.69, 9.17) is 0 Å². The van der Waals surface area contributed by atoms with E-state index in [-0.39, 0.29) is 11.5 Å². The minimum Gasteiger partial charge on any atom is -0.362 e. The van der Waals surface area contributed by atoms with E-state index in [9.17, 15) is 10.1 Å². The second-order valence-corrected chi connectivity index (χ2v) is 5.04. The number of fused-ring (bicyclic) bond motifs is 1. The monoisotopic (exact) mass is 277 g/mol. The van der Waals surface area contributed by atoms with Gasteiger partial charge in [0, 0.05) is 25.0 Å². The van der Waals surface area contributed by atoms with E-state index in [1.807, 2.05) is 36.4 Å². The van der Waals surface area contributed by atoms with Crippen molar-refractivity contribution < 1.29 is 4.79 Å².